The van der Waals surface area contributed by atoms with Crippen LogP contribution in [-0.2, 0) is 6.42 Å². The smallest absolute Gasteiger partial charge is 0.166 e. The van der Waals surface area contributed by atoms with E-state index in [1.807, 2.05) is 24.3 Å². The summed E-state index contributed by atoms with van der Waals surface area (Å²) in [4.78, 5) is 0. The summed E-state index contributed by atoms with van der Waals surface area (Å²) in [7, 11) is 0. The van der Waals surface area contributed by atoms with Crippen LogP contribution in [-0.4, -0.2) is 0 Å². The van der Waals surface area contributed by atoms with Gasteiger partial charge in [-0.15, -0.1) is 0 Å². The number of benzene rings is 2. The molecule has 0 aromatic heterocycles. The highest BCUT2D eigenvalue weighted by molar-refractivity contribution is 5.85. The predicted octanol–water partition coefficient (Wildman–Crippen LogP) is 6.75. The van der Waals surface area contributed by atoms with Crippen molar-refractivity contribution >= 4 is 10.8 Å². The topological polar surface area (TPSA) is 0 Å². The second-order valence-electron chi connectivity index (χ2n) is 7.03. The third-order valence-electron chi connectivity index (χ3n) is 5.51. The van der Waals surface area contributed by atoms with Crippen molar-refractivity contribution in [3.05, 3.63) is 47.0 Å². The van der Waals surface area contributed by atoms with E-state index in [1.54, 1.807) is 0 Å². The quantitative estimate of drug-likeness (QED) is 0.585. The molecule has 23 heavy (non-hydrogen) atoms. The van der Waals surface area contributed by atoms with Crippen LogP contribution in [0.4, 0.5) is 8.78 Å². The minimum absolute atomic E-state index is 0.173. The van der Waals surface area contributed by atoms with Crippen molar-refractivity contribution in [2.45, 2.75) is 64.7 Å². The van der Waals surface area contributed by atoms with Crippen LogP contribution in [0.3, 0.4) is 0 Å². The summed E-state index contributed by atoms with van der Waals surface area (Å²) in [5, 5.41) is 1.26. The van der Waals surface area contributed by atoms with Gasteiger partial charge in [0, 0.05) is 5.39 Å². The van der Waals surface area contributed by atoms with Crippen LogP contribution < -0.4 is 0 Å². The molecule has 0 saturated heterocycles. The predicted molar refractivity (Wildman–Crippen MR) is 92.8 cm³/mol. The fourth-order valence-electron chi connectivity index (χ4n) is 4.02. The molecule has 0 nitrogen and oxygen atoms in total. The van der Waals surface area contributed by atoms with Gasteiger partial charge in [0.1, 0.15) is 0 Å². The molecule has 1 aliphatic rings. The monoisotopic (exact) mass is 316 g/mol. The third kappa shape index (κ3) is 3.27. The van der Waals surface area contributed by atoms with Crippen molar-refractivity contribution in [1.82, 2.24) is 0 Å². The van der Waals surface area contributed by atoms with Crippen molar-refractivity contribution in [3.8, 4) is 0 Å². The van der Waals surface area contributed by atoms with E-state index < -0.39 is 11.6 Å². The van der Waals surface area contributed by atoms with Crippen molar-refractivity contribution in [3.63, 3.8) is 0 Å². The lowest BCUT2D eigenvalue weighted by molar-refractivity contribution is 0.313. The minimum Gasteiger partial charge on any atom is -0.203 e. The van der Waals surface area contributed by atoms with Crippen LogP contribution in [0.1, 0.15) is 69.4 Å². The average Bonchev–Trinajstić information content (AvgIpc) is 2.59. The molecule has 3 rings (SSSR count). The van der Waals surface area contributed by atoms with Crippen molar-refractivity contribution in [1.29, 1.82) is 0 Å². The molecule has 0 bridgehead atoms. The standard InChI is InChI=1S/C21H26F2/c1-3-5-15-8-11-17-13-19(21(23)20(22)18(17)12-15)16-9-6-14(4-2)7-10-16/h8,11-14,16H,3-7,9-10H2,1-2H3. The second-order valence-corrected chi connectivity index (χ2v) is 7.03. The largest absolute Gasteiger partial charge is 0.203 e. The lowest BCUT2D eigenvalue weighted by Crippen LogP contribution is -2.14. The zero-order valence-corrected chi connectivity index (χ0v) is 14.2. The van der Waals surface area contributed by atoms with Gasteiger partial charge in [-0.25, -0.2) is 8.78 Å². The lowest BCUT2D eigenvalue weighted by atomic mass is 9.77. The van der Waals surface area contributed by atoms with Crippen LogP contribution in [0.2, 0.25) is 0 Å². The maximum absolute atomic E-state index is 14.6. The molecule has 2 aromatic carbocycles. The first-order valence-corrected chi connectivity index (χ1v) is 9.04. The van der Waals surface area contributed by atoms with E-state index in [0.29, 0.717) is 10.9 Å². The summed E-state index contributed by atoms with van der Waals surface area (Å²) >= 11 is 0. The fourth-order valence-corrected chi connectivity index (χ4v) is 4.02. The van der Waals surface area contributed by atoms with E-state index in [1.165, 1.54) is 6.42 Å². The molecule has 0 spiro atoms. The Morgan fingerprint density at radius 3 is 2.35 bits per heavy atom. The molecule has 0 aliphatic heterocycles. The first kappa shape index (κ1) is 16.4. The summed E-state index contributed by atoms with van der Waals surface area (Å²) in [5.74, 6) is -0.345. The van der Waals surface area contributed by atoms with E-state index in [-0.39, 0.29) is 5.92 Å². The summed E-state index contributed by atoms with van der Waals surface area (Å²) in [5.41, 5.74) is 1.67. The highest BCUT2D eigenvalue weighted by Gasteiger charge is 2.25. The van der Waals surface area contributed by atoms with Gasteiger partial charge < -0.3 is 0 Å². The minimum atomic E-state index is -0.659. The van der Waals surface area contributed by atoms with Gasteiger partial charge in [-0.1, -0.05) is 38.8 Å². The maximum Gasteiger partial charge on any atom is 0.166 e. The van der Waals surface area contributed by atoms with Crippen LogP contribution in [0.25, 0.3) is 10.8 Å². The Kier molecular flexibility index (Phi) is 4.99. The molecule has 1 fully saturated rings. The summed E-state index contributed by atoms with van der Waals surface area (Å²) in [6.45, 7) is 4.31. The number of halogens is 2. The number of hydrogen-bond acceptors (Lipinski definition) is 0. The van der Waals surface area contributed by atoms with Gasteiger partial charge >= 0.3 is 0 Å². The summed E-state index contributed by atoms with van der Waals surface area (Å²) in [6, 6.07) is 7.69. The molecule has 2 heteroatoms. The zero-order chi connectivity index (χ0) is 16.4. The molecular formula is C21H26F2. The molecule has 0 N–H and O–H groups in total. The van der Waals surface area contributed by atoms with Crippen molar-refractivity contribution in [2.75, 3.05) is 0 Å². The third-order valence-corrected chi connectivity index (χ3v) is 5.51. The molecule has 1 aliphatic carbocycles. The Balaban J connectivity index is 1.96. The molecule has 0 radical (unpaired) electrons. The lowest BCUT2D eigenvalue weighted by Gasteiger charge is -2.28. The van der Waals surface area contributed by atoms with Crippen LogP contribution in [0, 0.1) is 17.6 Å². The molecule has 1 saturated carbocycles. The number of hydrogen-bond donors (Lipinski definition) is 0. The molecular weight excluding hydrogens is 290 g/mol. The molecule has 0 amide bonds. The van der Waals surface area contributed by atoms with Crippen molar-refractivity contribution < 1.29 is 8.78 Å². The number of aryl methyl sites for hydroxylation is 1. The normalized spacial score (nSPS) is 21.7. The maximum atomic E-state index is 14.6. The van der Waals surface area contributed by atoms with Gasteiger partial charge in [-0.2, -0.15) is 0 Å². The van der Waals surface area contributed by atoms with E-state index >= 15 is 0 Å². The number of rotatable bonds is 4. The van der Waals surface area contributed by atoms with E-state index in [4.69, 9.17) is 0 Å². The molecule has 124 valence electrons. The van der Waals surface area contributed by atoms with Crippen LogP contribution in [0.5, 0.6) is 0 Å². The Labute approximate surface area is 137 Å². The first-order valence-electron chi connectivity index (χ1n) is 9.04. The first-order chi connectivity index (χ1) is 11.1. The van der Waals surface area contributed by atoms with Crippen molar-refractivity contribution in [2.24, 2.45) is 5.92 Å². The van der Waals surface area contributed by atoms with Gasteiger partial charge in [0.25, 0.3) is 0 Å². The van der Waals surface area contributed by atoms with E-state index in [2.05, 4.69) is 13.8 Å². The Hall–Kier alpha value is -1.44. The number of fused-ring (bicyclic) bond motifs is 1. The van der Waals surface area contributed by atoms with Gasteiger partial charge in [0.15, 0.2) is 11.6 Å². The Bertz CT molecular complexity index is 682. The van der Waals surface area contributed by atoms with Gasteiger partial charge in [-0.05, 0) is 72.6 Å². The second kappa shape index (κ2) is 6.98. The fraction of sp³-hybridized carbons (Fsp3) is 0.524. The average molecular weight is 316 g/mol. The molecule has 0 unspecified atom stereocenters. The van der Waals surface area contributed by atoms with Gasteiger partial charge in [0.05, 0.1) is 0 Å². The summed E-state index contributed by atoms with van der Waals surface area (Å²) < 4.78 is 29.2. The van der Waals surface area contributed by atoms with Crippen LogP contribution >= 0.6 is 0 Å². The summed E-state index contributed by atoms with van der Waals surface area (Å²) in [6.07, 6.45) is 7.34. The Morgan fingerprint density at radius 1 is 0.957 bits per heavy atom. The van der Waals surface area contributed by atoms with Crippen LogP contribution in [0.15, 0.2) is 24.3 Å². The van der Waals surface area contributed by atoms with E-state index in [0.717, 1.165) is 55.4 Å². The highest BCUT2D eigenvalue weighted by atomic mass is 19.2. The zero-order valence-electron chi connectivity index (χ0n) is 14.2. The van der Waals surface area contributed by atoms with Gasteiger partial charge in [0.2, 0.25) is 0 Å². The molecule has 2 aromatic rings. The molecule has 0 atom stereocenters. The highest BCUT2D eigenvalue weighted by Crippen LogP contribution is 2.39. The van der Waals surface area contributed by atoms with Gasteiger partial charge in [-0.3, -0.25) is 0 Å². The molecule has 0 heterocycles. The SMILES string of the molecule is CCCc1ccc2cc(C3CCC(CC)CC3)c(F)c(F)c2c1. The van der Waals surface area contributed by atoms with E-state index in [9.17, 15) is 8.78 Å². The Morgan fingerprint density at radius 2 is 1.70 bits per heavy atom.